The van der Waals surface area contributed by atoms with Crippen LogP contribution in [0.1, 0.15) is 17.4 Å². The first-order chi connectivity index (χ1) is 7.25. The zero-order chi connectivity index (χ0) is 10.7. The van der Waals surface area contributed by atoms with Crippen LogP contribution in [0.15, 0.2) is 40.8 Å². The average Bonchev–Trinajstić information content (AvgIpc) is 2.71. The Kier molecular flexibility index (Phi) is 2.82. The highest BCUT2D eigenvalue weighted by Gasteiger charge is 2.02. The molecule has 15 heavy (non-hydrogen) atoms. The lowest BCUT2D eigenvalue weighted by atomic mass is 10.3. The molecule has 0 amide bonds. The predicted molar refractivity (Wildman–Crippen MR) is 57.0 cm³/mol. The molecule has 76 valence electrons. The van der Waals surface area contributed by atoms with Gasteiger partial charge in [-0.1, -0.05) is 11.8 Å². The van der Waals surface area contributed by atoms with Crippen molar-refractivity contribution in [3.8, 4) is 0 Å². The minimum atomic E-state index is -0.0236. The van der Waals surface area contributed by atoms with E-state index in [9.17, 15) is 4.79 Å². The van der Waals surface area contributed by atoms with Gasteiger partial charge in [-0.2, -0.15) is 0 Å². The van der Waals surface area contributed by atoms with Gasteiger partial charge in [0.25, 0.3) is 0 Å². The third kappa shape index (κ3) is 2.44. The van der Waals surface area contributed by atoms with E-state index < -0.39 is 0 Å². The Labute approximate surface area is 91.2 Å². The van der Waals surface area contributed by atoms with E-state index in [1.165, 1.54) is 18.7 Å². The number of hydrogen-bond donors (Lipinski definition) is 1. The zero-order valence-electron chi connectivity index (χ0n) is 8.10. The van der Waals surface area contributed by atoms with Crippen LogP contribution in [0, 0.1) is 0 Å². The van der Waals surface area contributed by atoms with Gasteiger partial charge in [0.1, 0.15) is 5.69 Å². The summed E-state index contributed by atoms with van der Waals surface area (Å²) in [6.07, 6.45) is 5.13. The van der Waals surface area contributed by atoms with Crippen molar-refractivity contribution in [1.29, 1.82) is 0 Å². The molecule has 0 aliphatic rings. The Morgan fingerprint density at radius 1 is 1.40 bits per heavy atom. The molecule has 0 aliphatic carbocycles. The molecule has 0 spiro atoms. The summed E-state index contributed by atoms with van der Waals surface area (Å²) >= 11 is 1.47. The van der Waals surface area contributed by atoms with Crippen LogP contribution in [-0.4, -0.2) is 20.7 Å². The highest BCUT2D eigenvalue weighted by molar-refractivity contribution is 7.99. The molecule has 2 heterocycles. The number of carbonyl (C=O) groups excluding carboxylic acids is 1. The van der Waals surface area contributed by atoms with Gasteiger partial charge in [0.2, 0.25) is 0 Å². The summed E-state index contributed by atoms with van der Waals surface area (Å²) < 4.78 is 0. The van der Waals surface area contributed by atoms with Crippen molar-refractivity contribution in [2.75, 3.05) is 0 Å². The van der Waals surface area contributed by atoms with Gasteiger partial charge >= 0.3 is 0 Å². The van der Waals surface area contributed by atoms with Gasteiger partial charge in [0.05, 0.1) is 0 Å². The lowest BCUT2D eigenvalue weighted by molar-refractivity contribution is 0.101. The first-order valence-electron chi connectivity index (χ1n) is 4.40. The second-order valence-corrected chi connectivity index (χ2v) is 3.99. The molecule has 2 rings (SSSR count). The maximum Gasteiger partial charge on any atom is 0.178 e. The number of aromatic nitrogens is 3. The Hall–Kier alpha value is -1.62. The maximum atomic E-state index is 11.0. The van der Waals surface area contributed by atoms with Crippen LogP contribution in [0.3, 0.4) is 0 Å². The number of imidazole rings is 1. The van der Waals surface area contributed by atoms with E-state index in [4.69, 9.17) is 0 Å². The molecular formula is C10H9N3OS. The van der Waals surface area contributed by atoms with Crippen LogP contribution in [0.2, 0.25) is 0 Å². The molecule has 0 bridgehead atoms. The van der Waals surface area contributed by atoms with Crippen LogP contribution in [0.5, 0.6) is 0 Å². The molecule has 0 aliphatic heterocycles. The first kappa shape index (κ1) is 9.92. The monoisotopic (exact) mass is 219 g/mol. The standard InChI is InChI=1S/C10H9N3OS/c1-7(14)9-3-2-8(6-13-9)15-10-11-4-5-12-10/h2-6H,1H3,(H,11,12). The van der Waals surface area contributed by atoms with Crippen molar-refractivity contribution in [3.05, 3.63) is 36.4 Å². The largest absolute Gasteiger partial charge is 0.339 e. The zero-order valence-corrected chi connectivity index (χ0v) is 8.91. The van der Waals surface area contributed by atoms with E-state index in [0.29, 0.717) is 5.69 Å². The highest BCUT2D eigenvalue weighted by atomic mass is 32.2. The minimum absolute atomic E-state index is 0.0236. The van der Waals surface area contributed by atoms with Gasteiger partial charge in [-0.05, 0) is 12.1 Å². The lowest BCUT2D eigenvalue weighted by Gasteiger charge is -1.98. The number of hydrogen-bond acceptors (Lipinski definition) is 4. The van der Waals surface area contributed by atoms with E-state index in [0.717, 1.165) is 10.1 Å². The normalized spacial score (nSPS) is 10.2. The maximum absolute atomic E-state index is 11.0. The van der Waals surface area contributed by atoms with E-state index in [1.54, 1.807) is 24.7 Å². The van der Waals surface area contributed by atoms with Crippen molar-refractivity contribution >= 4 is 17.5 Å². The van der Waals surface area contributed by atoms with Crippen LogP contribution >= 0.6 is 11.8 Å². The Morgan fingerprint density at radius 2 is 2.27 bits per heavy atom. The number of nitrogens with zero attached hydrogens (tertiary/aromatic N) is 2. The fourth-order valence-electron chi connectivity index (χ4n) is 1.07. The number of aromatic amines is 1. The quantitative estimate of drug-likeness (QED) is 0.804. The highest BCUT2D eigenvalue weighted by Crippen LogP contribution is 2.23. The molecule has 5 heteroatoms. The summed E-state index contributed by atoms with van der Waals surface area (Å²) in [4.78, 5) is 23.0. The number of Topliss-reactive ketones (excluding diaryl/α,β-unsaturated/α-hetero) is 1. The van der Waals surface area contributed by atoms with Gasteiger partial charge in [0.15, 0.2) is 10.9 Å². The third-order valence-corrected chi connectivity index (χ3v) is 2.68. The number of rotatable bonds is 3. The van der Waals surface area contributed by atoms with E-state index in [-0.39, 0.29) is 5.78 Å². The summed E-state index contributed by atoms with van der Waals surface area (Å²) in [5, 5.41) is 0.812. The van der Waals surface area contributed by atoms with Crippen LogP contribution in [0.4, 0.5) is 0 Å². The molecule has 0 atom stereocenters. The van der Waals surface area contributed by atoms with Crippen molar-refractivity contribution in [1.82, 2.24) is 15.0 Å². The summed E-state index contributed by atoms with van der Waals surface area (Å²) in [7, 11) is 0. The van der Waals surface area contributed by atoms with Gasteiger partial charge in [-0.3, -0.25) is 9.78 Å². The topological polar surface area (TPSA) is 58.6 Å². The second kappa shape index (κ2) is 4.27. The molecule has 0 radical (unpaired) electrons. The number of pyridine rings is 1. The van der Waals surface area contributed by atoms with Gasteiger partial charge in [0, 0.05) is 30.4 Å². The van der Waals surface area contributed by atoms with Crippen molar-refractivity contribution in [2.24, 2.45) is 0 Å². The summed E-state index contributed by atoms with van der Waals surface area (Å²) in [6.45, 7) is 1.50. The fraction of sp³-hybridized carbons (Fsp3) is 0.100. The van der Waals surface area contributed by atoms with E-state index in [2.05, 4.69) is 15.0 Å². The molecule has 0 fully saturated rings. The number of ketones is 1. The summed E-state index contributed by atoms with van der Waals surface area (Å²) in [5.74, 6) is -0.0236. The fourth-order valence-corrected chi connectivity index (χ4v) is 1.77. The second-order valence-electron chi connectivity index (χ2n) is 2.93. The molecular weight excluding hydrogens is 210 g/mol. The van der Waals surface area contributed by atoms with Gasteiger partial charge in [-0.25, -0.2) is 4.98 Å². The van der Waals surface area contributed by atoms with E-state index >= 15 is 0 Å². The van der Waals surface area contributed by atoms with Crippen molar-refractivity contribution in [3.63, 3.8) is 0 Å². The lowest BCUT2D eigenvalue weighted by Crippen LogP contribution is -1.95. The van der Waals surface area contributed by atoms with Gasteiger partial charge < -0.3 is 4.98 Å². The van der Waals surface area contributed by atoms with E-state index in [1.807, 2.05) is 6.07 Å². The number of nitrogens with one attached hydrogen (secondary N) is 1. The number of carbonyl (C=O) groups is 1. The Bertz CT molecular complexity index is 450. The molecule has 4 nitrogen and oxygen atoms in total. The van der Waals surface area contributed by atoms with Crippen LogP contribution in [-0.2, 0) is 0 Å². The Balaban J connectivity index is 2.14. The SMILES string of the molecule is CC(=O)c1ccc(Sc2ncc[nH]2)cn1. The first-order valence-corrected chi connectivity index (χ1v) is 5.21. The summed E-state index contributed by atoms with van der Waals surface area (Å²) in [5.41, 5.74) is 0.485. The molecule has 0 aromatic carbocycles. The van der Waals surface area contributed by atoms with Crippen LogP contribution < -0.4 is 0 Å². The molecule has 0 saturated heterocycles. The molecule has 2 aromatic heterocycles. The smallest absolute Gasteiger partial charge is 0.178 e. The van der Waals surface area contributed by atoms with Gasteiger partial charge in [-0.15, -0.1) is 0 Å². The average molecular weight is 219 g/mol. The molecule has 0 saturated carbocycles. The summed E-state index contributed by atoms with van der Waals surface area (Å²) in [6, 6.07) is 3.57. The molecule has 2 aromatic rings. The predicted octanol–water partition coefficient (Wildman–Crippen LogP) is 2.16. The van der Waals surface area contributed by atoms with Crippen molar-refractivity contribution < 1.29 is 4.79 Å². The molecule has 0 unspecified atom stereocenters. The van der Waals surface area contributed by atoms with Crippen LogP contribution in [0.25, 0.3) is 0 Å². The Morgan fingerprint density at radius 3 is 2.80 bits per heavy atom. The molecule has 1 N–H and O–H groups in total. The number of H-pyrrole nitrogens is 1. The van der Waals surface area contributed by atoms with Crippen molar-refractivity contribution in [2.45, 2.75) is 17.0 Å². The third-order valence-electron chi connectivity index (χ3n) is 1.78. The minimum Gasteiger partial charge on any atom is -0.339 e.